The van der Waals surface area contributed by atoms with Gasteiger partial charge in [-0.1, -0.05) is 30.3 Å². The Labute approximate surface area is 124 Å². The van der Waals surface area contributed by atoms with Crippen LogP contribution in [0, 0.1) is 6.92 Å². The second-order valence-corrected chi connectivity index (χ2v) is 5.19. The molecule has 5 heteroatoms. The fourth-order valence-corrected chi connectivity index (χ4v) is 2.51. The molecule has 3 rings (SSSR count). The summed E-state index contributed by atoms with van der Waals surface area (Å²) in [5.41, 5.74) is 2.78. The molecular weight excluding hydrogens is 266 g/mol. The molecule has 0 spiro atoms. The largest absolute Gasteiger partial charge is 0.378 e. The van der Waals surface area contributed by atoms with E-state index in [1.807, 2.05) is 34.7 Å². The first kappa shape index (κ1) is 13.8. The lowest BCUT2D eigenvalue weighted by Crippen LogP contribution is -2.40. The van der Waals surface area contributed by atoms with Crippen LogP contribution in [-0.2, 0) is 11.3 Å². The smallest absolute Gasteiger partial charge is 0.257 e. The minimum atomic E-state index is 0.0510. The number of carbonyl (C=O) groups excluding carboxylic acids is 1. The van der Waals surface area contributed by atoms with Gasteiger partial charge in [0.15, 0.2) is 0 Å². The van der Waals surface area contributed by atoms with Crippen molar-refractivity contribution >= 4 is 5.91 Å². The van der Waals surface area contributed by atoms with Crippen molar-refractivity contribution in [2.75, 3.05) is 26.3 Å². The Balaban J connectivity index is 1.77. The molecule has 5 nitrogen and oxygen atoms in total. The van der Waals surface area contributed by atoms with Gasteiger partial charge in [0.2, 0.25) is 0 Å². The van der Waals surface area contributed by atoms with Crippen molar-refractivity contribution in [1.82, 2.24) is 14.7 Å². The molecule has 1 saturated heterocycles. The number of nitrogens with zero attached hydrogens (tertiary/aromatic N) is 3. The van der Waals surface area contributed by atoms with E-state index in [0.717, 1.165) is 5.69 Å². The summed E-state index contributed by atoms with van der Waals surface area (Å²) in [6.07, 6.45) is 1.68. The third-order valence-electron chi connectivity index (χ3n) is 3.81. The van der Waals surface area contributed by atoms with Crippen LogP contribution in [0.1, 0.15) is 21.6 Å². The highest BCUT2D eigenvalue weighted by Crippen LogP contribution is 2.13. The van der Waals surface area contributed by atoms with Crippen LogP contribution in [0.15, 0.2) is 36.5 Å². The summed E-state index contributed by atoms with van der Waals surface area (Å²) in [6.45, 7) is 5.17. The summed E-state index contributed by atoms with van der Waals surface area (Å²) >= 11 is 0. The van der Waals surface area contributed by atoms with Gasteiger partial charge >= 0.3 is 0 Å². The lowest BCUT2D eigenvalue weighted by molar-refractivity contribution is 0.0302. The van der Waals surface area contributed by atoms with Crippen molar-refractivity contribution in [2.45, 2.75) is 13.5 Å². The molecule has 0 saturated carbocycles. The number of carbonyl (C=O) groups is 1. The number of hydrogen-bond acceptors (Lipinski definition) is 3. The monoisotopic (exact) mass is 285 g/mol. The molecule has 0 bridgehead atoms. The van der Waals surface area contributed by atoms with E-state index in [1.165, 1.54) is 5.56 Å². The minimum Gasteiger partial charge on any atom is -0.378 e. The van der Waals surface area contributed by atoms with Crippen molar-refractivity contribution < 1.29 is 9.53 Å². The molecule has 1 aromatic carbocycles. The molecule has 1 aliphatic heterocycles. The molecule has 0 radical (unpaired) electrons. The van der Waals surface area contributed by atoms with E-state index in [-0.39, 0.29) is 5.91 Å². The summed E-state index contributed by atoms with van der Waals surface area (Å²) in [4.78, 5) is 14.3. The van der Waals surface area contributed by atoms with Gasteiger partial charge in [-0.3, -0.25) is 9.48 Å². The van der Waals surface area contributed by atoms with E-state index in [2.05, 4.69) is 17.2 Å². The van der Waals surface area contributed by atoms with E-state index >= 15 is 0 Å². The van der Waals surface area contributed by atoms with E-state index in [9.17, 15) is 4.79 Å². The molecule has 1 fully saturated rings. The molecule has 2 aromatic rings. The van der Waals surface area contributed by atoms with Gasteiger partial charge < -0.3 is 9.64 Å². The quantitative estimate of drug-likeness (QED) is 0.862. The second kappa shape index (κ2) is 6.10. The van der Waals surface area contributed by atoms with Crippen molar-refractivity contribution in [3.63, 3.8) is 0 Å². The number of ether oxygens (including phenoxy) is 1. The zero-order valence-corrected chi connectivity index (χ0v) is 12.2. The maximum Gasteiger partial charge on any atom is 0.257 e. The van der Waals surface area contributed by atoms with Crippen LogP contribution < -0.4 is 0 Å². The molecule has 2 heterocycles. The van der Waals surface area contributed by atoms with Gasteiger partial charge in [-0.15, -0.1) is 0 Å². The molecule has 110 valence electrons. The Morgan fingerprint density at radius 2 is 1.95 bits per heavy atom. The third-order valence-corrected chi connectivity index (χ3v) is 3.81. The van der Waals surface area contributed by atoms with Crippen LogP contribution in [0.5, 0.6) is 0 Å². The van der Waals surface area contributed by atoms with Crippen LogP contribution in [0.25, 0.3) is 0 Å². The van der Waals surface area contributed by atoms with E-state index in [0.29, 0.717) is 38.4 Å². The Hall–Kier alpha value is -2.14. The maximum absolute atomic E-state index is 12.5. The number of benzene rings is 1. The summed E-state index contributed by atoms with van der Waals surface area (Å²) in [5, 5.41) is 4.36. The summed E-state index contributed by atoms with van der Waals surface area (Å²) < 4.78 is 7.16. The normalized spacial score (nSPS) is 15.2. The molecular formula is C16H19N3O2. The summed E-state index contributed by atoms with van der Waals surface area (Å²) in [5.74, 6) is 0.0510. The predicted molar refractivity (Wildman–Crippen MR) is 79.2 cm³/mol. The highest BCUT2D eigenvalue weighted by molar-refractivity contribution is 5.95. The highest BCUT2D eigenvalue weighted by Gasteiger charge is 2.22. The molecule has 1 aliphatic rings. The Kier molecular flexibility index (Phi) is 4.01. The lowest BCUT2D eigenvalue weighted by Gasteiger charge is -2.26. The van der Waals surface area contributed by atoms with Crippen molar-refractivity contribution in [3.8, 4) is 0 Å². The zero-order valence-electron chi connectivity index (χ0n) is 12.2. The number of hydrogen-bond donors (Lipinski definition) is 0. The average Bonchev–Trinajstić information content (AvgIpc) is 2.89. The van der Waals surface area contributed by atoms with Crippen LogP contribution in [0.2, 0.25) is 0 Å². The fourth-order valence-electron chi connectivity index (χ4n) is 2.51. The fraction of sp³-hybridized carbons (Fsp3) is 0.375. The van der Waals surface area contributed by atoms with Crippen molar-refractivity contribution in [1.29, 1.82) is 0 Å². The Morgan fingerprint density at radius 3 is 2.67 bits per heavy atom. The Bertz CT molecular complexity index is 616. The van der Waals surface area contributed by atoms with E-state index in [1.54, 1.807) is 6.20 Å². The third kappa shape index (κ3) is 2.97. The van der Waals surface area contributed by atoms with Gasteiger partial charge in [0.1, 0.15) is 0 Å². The molecule has 0 unspecified atom stereocenters. The number of amides is 1. The zero-order chi connectivity index (χ0) is 14.7. The first-order chi connectivity index (χ1) is 10.3. The Morgan fingerprint density at radius 1 is 1.24 bits per heavy atom. The highest BCUT2D eigenvalue weighted by atomic mass is 16.5. The molecule has 0 aliphatic carbocycles. The molecule has 0 N–H and O–H groups in total. The maximum atomic E-state index is 12.5. The molecule has 1 aromatic heterocycles. The topological polar surface area (TPSA) is 47.4 Å². The van der Waals surface area contributed by atoms with Crippen LogP contribution >= 0.6 is 0 Å². The first-order valence-electron chi connectivity index (χ1n) is 7.19. The van der Waals surface area contributed by atoms with Gasteiger partial charge in [-0.2, -0.15) is 5.10 Å². The second-order valence-electron chi connectivity index (χ2n) is 5.19. The number of rotatable bonds is 3. The van der Waals surface area contributed by atoms with Crippen molar-refractivity contribution in [2.24, 2.45) is 0 Å². The molecule has 0 atom stereocenters. The number of morpholine rings is 1. The standard InChI is InChI=1S/C16H19N3O2/c1-13-15(16(20)18-7-9-21-10-8-18)11-17-19(13)12-14-5-3-2-4-6-14/h2-6,11H,7-10,12H2,1H3. The van der Waals surface area contributed by atoms with Crippen LogP contribution in [0.3, 0.4) is 0 Å². The van der Waals surface area contributed by atoms with E-state index < -0.39 is 0 Å². The molecule has 21 heavy (non-hydrogen) atoms. The van der Waals surface area contributed by atoms with Gasteiger partial charge in [0.05, 0.1) is 31.5 Å². The lowest BCUT2D eigenvalue weighted by atomic mass is 10.2. The van der Waals surface area contributed by atoms with E-state index in [4.69, 9.17) is 4.74 Å². The molecule has 1 amide bonds. The van der Waals surface area contributed by atoms with Crippen LogP contribution in [-0.4, -0.2) is 46.9 Å². The summed E-state index contributed by atoms with van der Waals surface area (Å²) in [6, 6.07) is 10.1. The van der Waals surface area contributed by atoms with Gasteiger partial charge in [0.25, 0.3) is 5.91 Å². The van der Waals surface area contributed by atoms with Gasteiger partial charge in [0, 0.05) is 18.8 Å². The first-order valence-corrected chi connectivity index (χ1v) is 7.19. The summed E-state index contributed by atoms with van der Waals surface area (Å²) in [7, 11) is 0. The predicted octanol–water partition coefficient (Wildman–Crippen LogP) is 1.71. The number of aromatic nitrogens is 2. The minimum absolute atomic E-state index is 0.0510. The van der Waals surface area contributed by atoms with Crippen molar-refractivity contribution in [3.05, 3.63) is 53.3 Å². The van der Waals surface area contributed by atoms with Gasteiger partial charge in [-0.25, -0.2) is 0 Å². The van der Waals surface area contributed by atoms with Gasteiger partial charge in [-0.05, 0) is 12.5 Å². The SMILES string of the molecule is Cc1c(C(=O)N2CCOCC2)cnn1Cc1ccccc1. The average molecular weight is 285 g/mol. The van der Waals surface area contributed by atoms with Crippen LogP contribution in [0.4, 0.5) is 0 Å².